The smallest absolute Gasteiger partial charge is 0.221 e. The summed E-state index contributed by atoms with van der Waals surface area (Å²) < 4.78 is 0. The molecule has 0 saturated heterocycles. The average Bonchev–Trinajstić information content (AvgIpc) is 2.19. The number of nitrogens with one attached hydrogen (secondary N) is 2. The topological polar surface area (TPSA) is 44.4 Å². The lowest BCUT2D eigenvalue weighted by Crippen LogP contribution is -2.28. The number of rotatable bonds is 9. The number of carbonyl (C=O) groups is 1. The van der Waals surface area contributed by atoms with E-state index in [9.17, 15) is 4.79 Å². The Morgan fingerprint density at radius 2 is 2.13 bits per heavy atom. The number of nitrogens with zero attached hydrogens (tertiary/aromatic N) is 1. The van der Waals surface area contributed by atoms with Gasteiger partial charge in [-0.2, -0.15) is 0 Å². The molecule has 0 aliphatic carbocycles. The van der Waals surface area contributed by atoms with Crippen molar-refractivity contribution >= 4 is 5.91 Å². The van der Waals surface area contributed by atoms with E-state index in [0.29, 0.717) is 13.0 Å². The molecule has 0 aromatic carbocycles. The largest absolute Gasteiger partial charge is 0.353 e. The van der Waals surface area contributed by atoms with Crippen LogP contribution in [0.4, 0.5) is 0 Å². The Hall–Kier alpha value is -0.870. The van der Waals surface area contributed by atoms with Crippen molar-refractivity contribution in [3.05, 3.63) is 12.7 Å². The van der Waals surface area contributed by atoms with Crippen LogP contribution in [0.3, 0.4) is 0 Å². The molecule has 88 valence electrons. The van der Waals surface area contributed by atoms with Crippen molar-refractivity contribution in [1.82, 2.24) is 15.5 Å². The molecule has 1 amide bonds. The second-order valence-electron chi connectivity index (χ2n) is 3.75. The second-order valence-corrected chi connectivity index (χ2v) is 3.75. The molecule has 0 atom stereocenters. The molecule has 0 rings (SSSR count). The predicted octanol–water partition coefficient (Wildman–Crippen LogP) is 0.220. The third-order valence-corrected chi connectivity index (χ3v) is 1.93. The van der Waals surface area contributed by atoms with Gasteiger partial charge < -0.3 is 15.5 Å². The van der Waals surface area contributed by atoms with Gasteiger partial charge in [-0.15, -0.1) is 6.58 Å². The minimum Gasteiger partial charge on any atom is -0.353 e. The molecule has 4 heteroatoms. The molecule has 15 heavy (non-hydrogen) atoms. The summed E-state index contributed by atoms with van der Waals surface area (Å²) in [6.45, 7) is 6.88. The van der Waals surface area contributed by atoms with Gasteiger partial charge in [-0.25, -0.2) is 0 Å². The first kappa shape index (κ1) is 14.1. The lowest BCUT2D eigenvalue weighted by Gasteiger charge is -2.09. The molecular weight excluding hydrogens is 190 g/mol. The van der Waals surface area contributed by atoms with Crippen molar-refractivity contribution in [1.29, 1.82) is 0 Å². The first-order valence-corrected chi connectivity index (χ1v) is 5.40. The van der Waals surface area contributed by atoms with Gasteiger partial charge in [0.25, 0.3) is 0 Å². The summed E-state index contributed by atoms with van der Waals surface area (Å²) in [5, 5.41) is 5.97. The Bertz CT molecular complexity index is 181. The third kappa shape index (κ3) is 11.1. The summed E-state index contributed by atoms with van der Waals surface area (Å²) >= 11 is 0. The van der Waals surface area contributed by atoms with Crippen LogP contribution in [0, 0.1) is 0 Å². The van der Waals surface area contributed by atoms with E-state index >= 15 is 0 Å². The fraction of sp³-hybridized carbons (Fsp3) is 0.727. The van der Waals surface area contributed by atoms with Crippen LogP contribution in [-0.2, 0) is 4.79 Å². The zero-order valence-electron chi connectivity index (χ0n) is 9.88. The van der Waals surface area contributed by atoms with Gasteiger partial charge in [0, 0.05) is 19.5 Å². The van der Waals surface area contributed by atoms with Crippen LogP contribution < -0.4 is 10.6 Å². The van der Waals surface area contributed by atoms with Gasteiger partial charge in [-0.05, 0) is 33.6 Å². The minimum absolute atomic E-state index is 0.0787. The van der Waals surface area contributed by atoms with Gasteiger partial charge in [-0.1, -0.05) is 6.08 Å². The average molecular weight is 213 g/mol. The van der Waals surface area contributed by atoms with E-state index in [1.165, 1.54) is 0 Å². The van der Waals surface area contributed by atoms with Crippen LogP contribution in [0.1, 0.15) is 12.8 Å². The minimum atomic E-state index is 0.0787. The van der Waals surface area contributed by atoms with Crippen LogP contribution in [-0.4, -0.2) is 51.1 Å². The lowest BCUT2D eigenvalue weighted by atomic mass is 10.3. The maximum absolute atomic E-state index is 11.1. The first-order chi connectivity index (χ1) is 7.16. The molecule has 0 bridgehead atoms. The predicted molar refractivity (Wildman–Crippen MR) is 63.9 cm³/mol. The number of carbonyl (C=O) groups excluding carboxylic acids is 1. The summed E-state index contributed by atoms with van der Waals surface area (Å²) in [5.41, 5.74) is 0. The summed E-state index contributed by atoms with van der Waals surface area (Å²) in [6, 6.07) is 0. The molecule has 0 fully saturated rings. The Morgan fingerprint density at radius 1 is 1.40 bits per heavy atom. The molecule has 0 unspecified atom stereocenters. The molecule has 0 radical (unpaired) electrons. The summed E-state index contributed by atoms with van der Waals surface area (Å²) in [6.07, 6.45) is 3.33. The molecule has 0 aliphatic heterocycles. The standard InChI is InChI=1S/C11H23N3O/c1-4-7-13-11(15)6-9-12-8-5-10-14(2)3/h4,12H,1,5-10H2,2-3H3,(H,13,15). The highest BCUT2D eigenvalue weighted by molar-refractivity contribution is 5.76. The van der Waals surface area contributed by atoms with Gasteiger partial charge in [0.2, 0.25) is 5.91 Å². The molecule has 0 heterocycles. The molecule has 0 spiro atoms. The highest BCUT2D eigenvalue weighted by Crippen LogP contribution is 1.82. The molecule has 0 aromatic heterocycles. The van der Waals surface area contributed by atoms with E-state index in [2.05, 4.69) is 36.2 Å². The maximum atomic E-state index is 11.1. The van der Waals surface area contributed by atoms with Crippen LogP contribution >= 0.6 is 0 Å². The van der Waals surface area contributed by atoms with Crippen LogP contribution in [0.2, 0.25) is 0 Å². The Balaban J connectivity index is 3.16. The number of hydrogen-bond acceptors (Lipinski definition) is 3. The number of hydrogen-bond donors (Lipinski definition) is 2. The molecule has 4 nitrogen and oxygen atoms in total. The van der Waals surface area contributed by atoms with Crippen molar-refractivity contribution in [2.75, 3.05) is 40.3 Å². The van der Waals surface area contributed by atoms with E-state index in [4.69, 9.17) is 0 Å². The third-order valence-electron chi connectivity index (χ3n) is 1.93. The quantitative estimate of drug-likeness (QED) is 0.425. The molecule has 2 N–H and O–H groups in total. The van der Waals surface area contributed by atoms with Crippen LogP contribution in [0.15, 0.2) is 12.7 Å². The molecular formula is C11H23N3O. The first-order valence-electron chi connectivity index (χ1n) is 5.40. The SMILES string of the molecule is C=CCNC(=O)CCNCCCN(C)C. The fourth-order valence-corrected chi connectivity index (χ4v) is 1.12. The summed E-state index contributed by atoms with van der Waals surface area (Å²) in [4.78, 5) is 13.3. The van der Waals surface area contributed by atoms with Gasteiger partial charge in [0.1, 0.15) is 0 Å². The Morgan fingerprint density at radius 3 is 2.73 bits per heavy atom. The van der Waals surface area contributed by atoms with E-state index in [1.54, 1.807) is 6.08 Å². The van der Waals surface area contributed by atoms with Crippen molar-refractivity contribution in [3.63, 3.8) is 0 Å². The van der Waals surface area contributed by atoms with Gasteiger partial charge in [0.15, 0.2) is 0 Å². The Kier molecular flexibility index (Phi) is 9.11. The summed E-state index contributed by atoms with van der Waals surface area (Å²) in [5.74, 6) is 0.0787. The molecule has 0 saturated carbocycles. The van der Waals surface area contributed by atoms with Crippen molar-refractivity contribution < 1.29 is 4.79 Å². The molecule has 0 aliphatic rings. The van der Waals surface area contributed by atoms with E-state index in [-0.39, 0.29) is 5.91 Å². The highest BCUT2D eigenvalue weighted by atomic mass is 16.1. The summed E-state index contributed by atoms with van der Waals surface area (Å²) in [7, 11) is 4.12. The zero-order valence-corrected chi connectivity index (χ0v) is 9.88. The van der Waals surface area contributed by atoms with Gasteiger partial charge in [0.05, 0.1) is 0 Å². The second kappa shape index (κ2) is 9.68. The highest BCUT2D eigenvalue weighted by Gasteiger charge is 1.98. The van der Waals surface area contributed by atoms with Crippen molar-refractivity contribution in [2.24, 2.45) is 0 Å². The lowest BCUT2D eigenvalue weighted by molar-refractivity contribution is -0.120. The molecule has 0 aromatic rings. The van der Waals surface area contributed by atoms with Gasteiger partial charge in [-0.3, -0.25) is 4.79 Å². The van der Waals surface area contributed by atoms with Crippen molar-refractivity contribution in [2.45, 2.75) is 12.8 Å². The van der Waals surface area contributed by atoms with Gasteiger partial charge >= 0.3 is 0 Å². The van der Waals surface area contributed by atoms with Crippen LogP contribution in [0.25, 0.3) is 0 Å². The maximum Gasteiger partial charge on any atom is 0.221 e. The van der Waals surface area contributed by atoms with Crippen LogP contribution in [0.5, 0.6) is 0 Å². The van der Waals surface area contributed by atoms with E-state index in [1.807, 2.05) is 0 Å². The number of amides is 1. The monoisotopic (exact) mass is 213 g/mol. The van der Waals surface area contributed by atoms with Crippen molar-refractivity contribution in [3.8, 4) is 0 Å². The normalized spacial score (nSPS) is 10.3. The Labute approximate surface area is 92.7 Å². The van der Waals surface area contributed by atoms with E-state index < -0.39 is 0 Å². The van der Waals surface area contributed by atoms with E-state index in [0.717, 1.165) is 26.1 Å². The zero-order chi connectivity index (χ0) is 11.5. The fourth-order valence-electron chi connectivity index (χ4n) is 1.12.